The Morgan fingerprint density at radius 3 is 2.52 bits per heavy atom. The number of anilines is 2. The highest BCUT2D eigenvalue weighted by molar-refractivity contribution is 5.91. The van der Waals surface area contributed by atoms with Crippen molar-refractivity contribution in [3.8, 4) is 0 Å². The average Bonchev–Trinajstić information content (AvgIpc) is 3.08. The normalized spacial score (nSPS) is 21.7. The summed E-state index contributed by atoms with van der Waals surface area (Å²) in [6, 6.07) is 8.26. The molecule has 2 heterocycles. The summed E-state index contributed by atoms with van der Waals surface area (Å²) in [6.07, 6.45) is 5.12. The predicted octanol–water partition coefficient (Wildman–Crippen LogP) is 2.97. The standard InChI is InChI=1S/C20H31N3O2/c1-22(2)15-16-9-11-23(12-10-16)18-7-5-17(6-8-18)21-20(24)14-19-4-3-13-25-19/h5-8,16,19H,3-4,9-15H2,1-2H3,(H,21,24)/t19-/m1/s1. The summed E-state index contributed by atoms with van der Waals surface area (Å²) in [5.74, 6) is 0.853. The SMILES string of the molecule is CN(C)CC1CCN(c2ccc(NC(=O)C[C@H]3CCCO3)cc2)CC1. The zero-order valence-electron chi connectivity index (χ0n) is 15.5. The molecule has 0 radical (unpaired) electrons. The maximum atomic E-state index is 12.1. The van der Waals surface area contributed by atoms with E-state index in [1.165, 1.54) is 25.1 Å². The second-order valence-electron chi connectivity index (χ2n) is 7.63. The molecule has 1 aromatic rings. The van der Waals surface area contributed by atoms with Gasteiger partial charge in [-0.15, -0.1) is 0 Å². The Kier molecular flexibility index (Phi) is 6.32. The first kappa shape index (κ1) is 18.2. The van der Waals surface area contributed by atoms with Crippen LogP contribution in [0.4, 0.5) is 11.4 Å². The maximum Gasteiger partial charge on any atom is 0.226 e. The molecule has 138 valence electrons. The van der Waals surface area contributed by atoms with E-state index in [-0.39, 0.29) is 12.0 Å². The number of rotatable bonds is 6. The Hall–Kier alpha value is -1.59. The third kappa shape index (κ3) is 5.44. The van der Waals surface area contributed by atoms with Crippen LogP contribution in [0.5, 0.6) is 0 Å². The zero-order valence-corrected chi connectivity index (χ0v) is 15.5. The number of hydrogen-bond donors (Lipinski definition) is 1. The van der Waals surface area contributed by atoms with E-state index in [0.717, 1.165) is 44.1 Å². The van der Waals surface area contributed by atoms with Gasteiger partial charge in [-0.2, -0.15) is 0 Å². The zero-order chi connectivity index (χ0) is 17.6. The number of hydrogen-bond acceptors (Lipinski definition) is 4. The van der Waals surface area contributed by atoms with Crippen LogP contribution in [0.1, 0.15) is 32.1 Å². The molecule has 0 aromatic heterocycles. The van der Waals surface area contributed by atoms with Crippen molar-refractivity contribution in [3.63, 3.8) is 0 Å². The molecule has 2 aliphatic heterocycles. The number of nitrogens with one attached hydrogen (secondary N) is 1. The first-order valence-electron chi connectivity index (χ1n) is 9.51. The van der Waals surface area contributed by atoms with Crippen LogP contribution >= 0.6 is 0 Å². The number of piperidine rings is 1. The van der Waals surface area contributed by atoms with Crippen LogP contribution in [-0.4, -0.2) is 57.2 Å². The molecule has 2 aliphatic rings. The molecule has 0 spiro atoms. The molecule has 1 N–H and O–H groups in total. The van der Waals surface area contributed by atoms with Crippen molar-refractivity contribution < 1.29 is 9.53 Å². The minimum absolute atomic E-state index is 0.0455. The molecule has 0 saturated carbocycles. The van der Waals surface area contributed by atoms with Crippen molar-refractivity contribution in [2.24, 2.45) is 5.92 Å². The van der Waals surface area contributed by atoms with Gasteiger partial charge >= 0.3 is 0 Å². The summed E-state index contributed by atoms with van der Waals surface area (Å²) >= 11 is 0. The minimum Gasteiger partial charge on any atom is -0.378 e. The van der Waals surface area contributed by atoms with Crippen molar-refractivity contribution in [1.82, 2.24) is 4.90 Å². The fraction of sp³-hybridized carbons (Fsp3) is 0.650. The lowest BCUT2D eigenvalue weighted by atomic mass is 9.96. The maximum absolute atomic E-state index is 12.1. The van der Waals surface area contributed by atoms with Crippen molar-refractivity contribution in [2.75, 3.05) is 50.6 Å². The van der Waals surface area contributed by atoms with Gasteiger partial charge < -0.3 is 19.9 Å². The number of benzene rings is 1. The van der Waals surface area contributed by atoms with Gasteiger partial charge in [-0.05, 0) is 70.0 Å². The van der Waals surface area contributed by atoms with Gasteiger partial charge in [0.15, 0.2) is 0 Å². The monoisotopic (exact) mass is 345 g/mol. The number of amides is 1. The van der Waals surface area contributed by atoms with E-state index < -0.39 is 0 Å². The summed E-state index contributed by atoms with van der Waals surface area (Å²) in [5, 5.41) is 2.98. The second-order valence-corrected chi connectivity index (χ2v) is 7.63. The van der Waals surface area contributed by atoms with Crippen molar-refractivity contribution in [2.45, 2.75) is 38.2 Å². The molecular formula is C20H31N3O2. The Morgan fingerprint density at radius 2 is 1.92 bits per heavy atom. The predicted molar refractivity (Wildman–Crippen MR) is 102 cm³/mol. The Balaban J connectivity index is 1.46. The number of carbonyl (C=O) groups is 1. The topological polar surface area (TPSA) is 44.8 Å². The molecule has 1 aromatic carbocycles. The van der Waals surface area contributed by atoms with Crippen molar-refractivity contribution in [1.29, 1.82) is 0 Å². The Labute approximate surface area is 151 Å². The first-order chi connectivity index (χ1) is 12.1. The molecule has 0 unspecified atom stereocenters. The van der Waals surface area contributed by atoms with E-state index >= 15 is 0 Å². The summed E-state index contributed by atoms with van der Waals surface area (Å²) in [6.45, 7) is 4.20. The highest BCUT2D eigenvalue weighted by atomic mass is 16.5. The molecule has 5 nitrogen and oxygen atoms in total. The molecule has 25 heavy (non-hydrogen) atoms. The molecule has 3 rings (SSSR count). The van der Waals surface area contributed by atoms with Crippen LogP contribution in [0.2, 0.25) is 0 Å². The van der Waals surface area contributed by atoms with Gasteiger partial charge in [-0.3, -0.25) is 4.79 Å². The quantitative estimate of drug-likeness (QED) is 0.861. The van der Waals surface area contributed by atoms with Gasteiger partial charge in [0.2, 0.25) is 5.91 Å². The molecule has 2 fully saturated rings. The molecule has 5 heteroatoms. The van der Waals surface area contributed by atoms with Crippen LogP contribution < -0.4 is 10.2 Å². The lowest BCUT2D eigenvalue weighted by Crippen LogP contribution is -2.37. The van der Waals surface area contributed by atoms with E-state index in [0.29, 0.717) is 6.42 Å². The number of carbonyl (C=O) groups excluding carboxylic acids is 1. The smallest absolute Gasteiger partial charge is 0.226 e. The van der Waals surface area contributed by atoms with Crippen molar-refractivity contribution in [3.05, 3.63) is 24.3 Å². The molecule has 2 saturated heterocycles. The highest BCUT2D eigenvalue weighted by Gasteiger charge is 2.21. The largest absolute Gasteiger partial charge is 0.378 e. The number of nitrogens with zero attached hydrogens (tertiary/aromatic N) is 2. The fourth-order valence-corrected chi connectivity index (χ4v) is 3.87. The van der Waals surface area contributed by atoms with Crippen LogP contribution in [0.25, 0.3) is 0 Å². The second kappa shape index (κ2) is 8.68. The minimum atomic E-state index is 0.0455. The molecule has 0 bridgehead atoms. The van der Waals surface area contributed by atoms with Crippen molar-refractivity contribution >= 4 is 17.3 Å². The summed E-state index contributed by atoms with van der Waals surface area (Å²) in [4.78, 5) is 16.8. The number of ether oxygens (including phenoxy) is 1. The van der Waals surface area contributed by atoms with Crippen LogP contribution in [-0.2, 0) is 9.53 Å². The van der Waals surface area contributed by atoms with Crippen LogP contribution in [0, 0.1) is 5.92 Å². The first-order valence-corrected chi connectivity index (χ1v) is 9.51. The summed E-state index contributed by atoms with van der Waals surface area (Å²) < 4.78 is 5.52. The van der Waals surface area contributed by atoms with Gasteiger partial charge in [-0.25, -0.2) is 0 Å². The summed E-state index contributed by atoms with van der Waals surface area (Å²) in [5.41, 5.74) is 2.12. The Morgan fingerprint density at radius 1 is 1.20 bits per heavy atom. The molecule has 0 aliphatic carbocycles. The molecule has 1 atom stereocenters. The van der Waals surface area contributed by atoms with E-state index in [1.807, 2.05) is 12.1 Å². The lowest BCUT2D eigenvalue weighted by Gasteiger charge is -2.34. The lowest BCUT2D eigenvalue weighted by molar-refractivity contribution is -0.118. The Bertz CT molecular complexity index is 545. The third-order valence-electron chi connectivity index (χ3n) is 5.19. The summed E-state index contributed by atoms with van der Waals surface area (Å²) in [7, 11) is 4.30. The molecular weight excluding hydrogens is 314 g/mol. The van der Waals surface area contributed by atoms with Gasteiger partial charge in [0.05, 0.1) is 12.5 Å². The van der Waals surface area contributed by atoms with Gasteiger partial charge in [-0.1, -0.05) is 0 Å². The fourth-order valence-electron chi connectivity index (χ4n) is 3.87. The van der Waals surface area contributed by atoms with Gasteiger partial charge in [0.1, 0.15) is 0 Å². The van der Waals surface area contributed by atoms with E-state index in [2.05, 4.69) is 41.3 Å². The van der Waals surface area contributed by atoms with Crippen LogP contribution in [0.15, 0.2) is 24.3 Å². The van der Waals surface area contributed by atoms with Crippen LogP contribution in [0.3, 0.4) is 0 Å². The van der Waals surface area contributed by atoms with Gasteiger partial charge in [0.25, 0.3) is 0 Å². The highest BCUT2D eigenvalue weighted by Crippen LogP contribution is 2.25. The third-order valence-corrected chi connectivity index (χ3v) is 5.19. The average molecular weight is 345 g/mol. The van der Waals surface area contributed by atoms with E-state index in [1.54, 1.807) is 0 Å². The van der Waals surface area contributed by atoms with Gasteiger partial charge in [0, 0.05) is 37.6 Å². The molecule has 1 amide bonds. The van der Waals surface area contributed by atoms with E-state index in [9.17, 15) is 4.79 Å². The van der Waals surface area contributed by atoms with E-state index in [4.69, 9.17) is 4.74 Å².